The highest BCUT2D eigenvalue weighted by Crippen LogP contribution is 2.24. The van der Waals surface area contributed by atoms with Crippen molar-refractivity contribution in [3.05, 3.63) is 66.4 Å². The molecule has 4 nitrogen and oxygen atoms in total. The molecule has 116 valence electrons. The number of carbonyl (C=O) groups excluding carboxylic acids is 1. The number of aromatic nitrogens is 2. The van der Waals surface area contributed by atoms with Crippen molar-refractivity contribution in [3.63, 3.8) is 0 Å². The van der Waals surface area contributed by atoms with Crippen LogP contribution in [-0.4, -0.2) is 21.9 Å². The van der Waals surface area contributed by atoms with E-state index in [1.807, 2.05) is 61.5 Å². The minimum Gasteiger partial charge on any atom is -0.349 e. The van der Waals surface area contributed by atoms with Gasteiger partial charge < -0.3 is 5.32 Å². The zero-order chi connectivity index (χ0) is 16.1. The van der Waals surface area contributed by atoms with Gasteiger partial charge in [-0.05, 0) is 12.5 Å². The lowest BCUT2D eigenvalue weighted by Gasteiger charge is -2.14. The Morgan fingerprint density at radius 3 is 2.70 bits per heavy atom. The number of hydrogen-bond donors (Lipinski definition) is 1. The number of nitrogens with zero attached hydrogens (tertiary/aromatic N) is 2. The molecule has 1 aromatic heterocycles. The van der Waals surface area contributed by atoms with Gasteiger partial charge in [-0.15, -0.1) is 5.10 Å². The third-order valence-corrected chi connectivity index (χ3v) is 4.54. The number of amides is 1. The number of rotatable bonds is 5. The van der Waals surface area contributed by atoms with E-state index in [1.165, 1.54) is 11.8 Å². The largest absolute Gasteiger partial charge is 0.349 e. The molecule has 0 spiro atoms. The van der Waals surface area contributed by atoms with Crippen LogP contribution in [0.15, 0.2) is 65.8 Å². The van der Waals surface area contributed by atoms with Crippen molar-refractivity contribution in [2.75, 3.05) is 5.75 Å². The highest BCUT2D eigenvalue weighted by molar-refractivity contribution is 8.00. The summed E-state index contributed by atoms with van der Waals surface area (Å²) < 4.78 is 0. The maximum absolute atomic E-state index is 12.2. The molecular weight excluding hydrogens is 306 g/mol. The van der Waals surface area contributed by atoms with E-state index < -0.39 is 0 Å². The van der Waals surface area contributed by atoms with Crippen LogP contribution >= 0.6 is 11.8 Å². The van der Waals surface area contributed by atoms with Gasteiger partial charge in [0, 0.05) is 10.8 Å². The van der Waals surface area contributed by atoms with Crippen LogP contribution in [-0.2, 0) is 4.79 Å². The molecule has 0 aliphatic carbocycles. The van der Waals surface area contributed by atoms with E-state index in [-0.39, 0.29) is 11.9 Å². The summed E-state index contributed by atoms with van der Waals surface area (Å²) in [5.74, 6) is 0.306. The van der Waals surface area contributed by atoms with Gasteiger partial charge in [0.25, 0.3) is 0 Å². The zero-order valence-corrected chi connectivity index (χ0v) is 13.6. The van der Waals surface area contributed by atoms with Gasteiger partial charge in [-0.25, -0.2) is 0 Å². The van der Waals surface area contributed by atoms with E-state index in [2.05, 4.69) is 15.5 Å². The van der Waals surface area contributed by atoms with Crippen molar-refractivity contribution in [1.29, 1.82) is 0 Å². The topological polar surface area (TPSA) is 54.9 Å². The van der Waals surface area contributed by atoms with Gasteiger partial charge in [-0.2, -0.15) is 5.10 Å². The van der Waals surface area contributed by atoms with Gasteiger partial charge in [0.1, 0.15) is 5.03 Å². The van der Waals surface area contributed by atoms with Crippen molar-refractivity contribution >= 4 is 28.4 Å². The lowest BCUT2D eigenvalue weighted by atomic mass is 10.1. The molecule has 0 aliphatic rings. The van der Waals surface area contributed by atoms with Crippen LogP contribution in [0.5, 0.6) is 0 Å². The fraction of sp³-hybridized carbons (Fsp3) is 0.167. The smallest absolute Gasteiger partial charge is 0.230 e. The third kappa shape index (κ3) is 3.87. The number of thioether (sulfide) groups is 1. The molecule has 0 radical (unpaired) electrons. The van der Waals surface area contributed by atoms with Crippen LogP contribution < -0.4 is 5.32 Å². The van der Waals surface area contributed by atoms with Gasteiger partial charge in [0.2, 0.25) is 5.91 Å². The van der Waals surface area contributed by atoms with Crippen LogP contribution in [0, 0.1) is 0 Å². The molecule has 0 bridgehead atoms. The van der Waals surface area contributed by atoms with Gasteiger partial charge in [0.15, 0.2) is 0 Å². The molecule has 1 unspecified atom stereocenters. The second kappa shape index (κ2) is 7.24. The van der Waals surface area contributed by atoms with E-state index in [1.54, 1.807) is 6.20 Å². The first-order valence-corrected chi connectivity index (χ1v) is 8.40. The summed E-state index contributed by atoms with van der Waals surface area (Å²) >= 11 is 1.41. The summed E-state index contributed by atoms with van der Waals surface area (Å²) in [4.78, 5) is 12.2. The van der Waals surface area contributed by atoms with E-state index in [0.29, 0.717) is 5.75 Å². The molecule has 1 atom stereocenters. The summed E-state index contributed by atoms with van der Waals surface area (Å²) in [7, 11) is 0. The van der Waals surface area contributed by atoms with Crippen molar-refractivity contribution in [2.45, 2.75) is 18.0 Å². The predicted octanol–water partition coefficient (Wildman–Crippen LogP) is 3.60. The van der Waals surface area contributed by atoms with Crippen LogP contribution in [0.2, 0.25) is 0 Å². The molecule has 1 amide bonds. The van der Waals surface area contributed by atoms with Crippen LogP contribution in [0.4, 0.5) is 0 Å². The number of benzene rings is 2. The third-order valence-electron chi connectivity index (χ3n) is 3.55. The minimum atomic E-state index is -0.0129. The molecule has 23 heavy (non-hydrogen) atoms. The normalized spacial score (nSPS) is 12.0. The molecule has 1 heterocycles. The van der Waals surface area contributed by atoms with E-state index in [4.69, 9.17) is 0 Å². The Bertz CT molecular complexity index is 802. The molecule has 1 N–H and O–H groups in total. The second-order valence-corrected chi connectivity index (χ2v) is 6.19. The molecule has 3 rings (SSSR count). The lowest BCUT2D eigenvalue weighted by Crippen LogP contribution is -2.28. The molecular formula is C18H17N3OS. The summed E-state index contributed by atoms with van der Waals surface area (Å²) in [5, 5.41) is 14.0. The Labute approximate surface area is 139 Å². The fourth-order valence-electron chi connectivity index (χ4n) is 2.35. The monoisotopic (exact) mass is 323 g/mol. The zero-order valence-electron chi connectivity index (χ0n) is 12.8. The molecule has 3 aromatic rings. The summed E-state index contributed by atoms with van der Waals surface area (Å²) in [5.41, 5.74) is 1.09. The highest BCUT2D eigenvalue weighted by atomic mass is 32.2. The molecule has 2 aromatic carbocycles. The Morgan fingerprint density at radius 2 is 1.87 bits per heavy atom. The molecule has 0 saturated carbocycles. The van der Waals surface area contributed by atoms with Crippen molar-refractivity contribution < 1.29 is 4.79 Å². The molecule has 0 aliphatic heterocycles. The Morgan fingerprint density at radius 1 is 1.13 bits per heavy atom. The number of nitrogens with one attached hydrogen (secondary N) is 1. The molecule has 0 fully saturated rings. The number of fused-ring (bicyclic) bond motifs is 1. The first kappa shape index (κ1) is 15.5. The average molecular weight is 323 g/mol. The summed E-state index contributed by atoms with van der Waals surface area (Å²) in [6, 6.07) is 17.8. The molecule has 5 heteroatoms. The van der Waals surface area contributed by atoms with Crippen molar-refractivity contribution in [1.82, 2.24) is 15.5 Å². The first-order valence-electron chi connectivity index (χ1n) is 7.41. The standard InChI is InChI=1S/C18H17N3OS/c1-13(14-7-3-2-4-8-14)20-17(22)12-23-18-16-10-6-5-9-15(16)11-19-21-18/h2-11,13H,12H2,1H3,(H,20,22). The second-order valence-electron chi connectivity index (χ2n) is 5.23. The van der Waals surface area contributed by atoms with Crippen LogP contribution in [0.1, 0.15) is 18.5 Å². The summed E-state index contributed by atoms with van der Waals surface area (Å²) in [6.07, 6.45) is 1.73. The van der Waals surface area contributed by atoms with E-state index in [0.717, 1.165) is 21.4 Å². The molecule has 0 saturated heterocycles. The number of carbonyl (C=O) groups is 1. The van der Waals surface area contributed by atoms with Crippen LogP contribution in [0.3, 0.4) is 0 Å². The quantitative estimate of drug-likeness (QED) is 0.729. The Balaban J connectivity index is 1.62. The predicted molar refractivity (Wildman–Crippen MR) is 93.3 cm³/mol. The average Bonchev–Trinajstić information content (AvgIpc) is 2.60. The van der Waals surface area contributed by atoms with E-state index in [9.17, 15) is 4.79 Å². The number of hydrogen-bond acceptors (Lipinski definition) is 4. The summed E-state index contributed by atoms with van der Waals surface area (Å²) in [6.45, 7) is 1.98. The van der Waals surface area contributed by atoms with Crippen LogP contribution in [0.25, 0.3) is 10.8 Å². The Hall–Kier alpha value is -2.40. The minimum absolute atomic E-state index is 0.0112. The van der Waals surface area contributed by atoms with Crippen molar-refractivity contribution in [3.8, 4) is 0 Å². The fourth-order valence-corrected chi connectivity index (χ4v) is 3.15. The first-order chi connectivity index (χ1) is 11.2. The Kier molecular flexibility index (Phi) is 4.88. The maximum Gasteiger partial charge on any atom is 0.230 e. The highest BCUT2D eigenvalue weighted by Gasteiger charge is 2.11. The van der Waals surface area contributed by atoms with E-state index >= 15 is 0 Å². The SMILES string of the molecule is CC(NC(=O)CSc1nncc2ccccc12)c1ccccc1. The van der Waals surface area contributed by atoms with Gasteiger partial charge in [-0.3, -0.25) is 4.79 Å². The van der Waals surface area contributed by atoms with Gasteiger partial charge >= 0.3 is 0 Å². The van der Waals surface area contributed by atoms with Gasteiger partial charge in [-0.1, -0.05) is 66.4 Å². The maximum atomic E-state index is 12.2. The van der Waals surface area contributed by atoms with Crippen molar-refractivity contribution in [2.24, 2.45) is 0 Å². The van der Waals surface area contributed by atoms with Gasteiger partial charge in [0.05, 0.1) is 18.0 Å². The lowest BCUT2D eigenvalue weighted by molar-refractivity contribution is -0.119.